The van der Waals surface area contributed by atoms with E-state index in [2.05, 4.69) is 9.88 Å². The number of carbonyl (C=O) groups is 2. The van der Waals surface area contributed by atoms with Gasteiger partial charge in [0.25, 0.3) is 0 Å². The van der Waals surface area contributed by atoms with Gasteiger partial charge >= 0.3 is 5.97 Å². The van der Waals surface area contributed by atoms with Crippen molar-refractivity contribution in [2.45, 2.75) is 26.7 Å². The van der Waals surface area contributed by atoms with Gasteiger partial charge in [-0.2, -0.15) is 0 Å². The summed E-state index contributed by atoms with van der Waals surface area (Å²) in [6, 6.07) is 0. The van der Waals surface area contributed by atoms with Crippen LogP contribution in [0, 0.1) is 5.92 Å². The monoisotopic (exact) mass is 268 g/mol. The summed E-state index contributed by atoms with van der Waals surface area (Å²) in [6.45, 7) is 5.07. The highest BCUT2D eigenvalue weighted by molar-refractivity contribution is 7.17. The predicted octanol–water partition coefficient (Wildman–Crippen LogP) is 2.28. The van der Waals surface area contributed by atoms with Crippen LogP contribution in [-0.4, -0.2) is 34.9 Å². The molecule has 1 aromatic heterocycles. The van der Waals surface area contributed by atoms with Crippen LogP contribution in [0.5, 0.6) is 0 Å². The SMILES string of the molecule is CCN(CC1CC1)c1nc(C(=O)O)c(C(C)=O)s1. The van der Waals surface area contributed by atoms with Crippen molar-refractivity contribution in [1.82, 2.24) is 4.98 Å². The largest absolute Gasteiger partial charge is 0.476 e. The molecule has 1 aliphatic rings. The third-order valence-corrected chi connectivity index (χ3v) is 4.18. The molecule has 0 aromatic carbocycles. The Morgan fingerprint density at radius 3 is 2.56 bits per heavy atom. The minimum absolute atomic E-state index is 0.114. The van der Waals surface area contributed by atoms with Crippen molar-refractivity contribution in [3.8, 4) is 0 Å². The zero-order valence-corrected chi connectivity index (χ0v) is 11.3. The maximum Gasteiger partial charge on any atom is 0.356 e. The molecule has 1 fully saturated rings. The first-order chi connectivity index (χ1) is 8.52. The second-order valence-electron chi connectivity index (χ2n) is 4.52. The van der Waals surface area contributed by atoms with Crippen LogP contribution in [0.1, 0.15) is 46.8 Å². The number of Topliss-reactive ketones (excluding diaryl/α,β-unsaturated/α-hetero) is 1. The lowest BCUT2D eigenvalue weighted by Crippen LogP contribution is -2.25. The summed E-state index contributed by atoms with van der Waals surface area (Å²) >= 11 is 1.18. The Balaban J connectivity index is 2.28. The molecule has 5 nitrogen and oxygen atoms in total. The van der Waals surface area contributed by atoms with Gasteiger partial charge in [-0.05, 0) is 25.7 Å². The zero-order valence-electron chi connectivity index (χ0n) is 10.5. The highest BCUT2D eigenvalue weighted by Crippen LogP contribution is 2.33. The summed E-state index contributed by atoms with van der Waals surface area (Å²) in [4.78, 5) is 28.9. The average molecular weight is 268 g/mol. The molecule has 0 atom stereocenters. The van der Waals surface area contributed by atoms with Crippen LogP contribution in [0.4, 0.5) is 5.13 Å². The van der Waals surface area contributed by atoms with Gasteiger partial charge in [0.05, 0.1) is 0 Å². The van der Waals surface area contributed by atoms with E-state index in [1.807, 2.05) is 6.92 Å². The number of ketones is 1. The summed E-state index contributed by atoms with van der Waals surface area (Å²) in [5.41, 5.74) is -0.114. The number of carboxylic acids is 1. The number of hydrogen-bond acceptors (Lipinski definition) is 5. The van der Waals surface area contributed by atoms with Crippen LogP contribution in [0.25, 0.3) is 0 Å². The van der Waals surface area contributed by atoms with E-state index in [0.29, 0.717) is 11.0 Å². The normalized spacial score (nSPS) is 14.6. The van der Waals surface area contributed by atoms with Crippen molar-refractivity contribution in [3.05, 3.63) is 10.6 Å². The number of rotatable bonds is 6. The Morgan fingerprint density at radius 1 is 1.50 bits per heavy atom. The summed E-state index contributed by atoms with van der Waals surface area (Å²) in [7, 11) is 0. The highest BCUT2D eigenvalue weighted by Gasteiger charge is 2.27. The molecular formula is C12H16N2O3S. The van der Waals surface area contributed by atoms with Crippen LogP contribution in [0.2, 0.25) is 0 Å². The molecule has 0 bridgehead atoms. The molecule has 0 aliphatic heterocycles. The van der Waals surface area contributed by atoms with E-state index in [4.69, 9.17) is 5.11 Å². The molecule has 1 saturated carbocycles. The molecule has 1 N–H and O–H groups in total. The lowest BCUT2D eigenvalue weighted by atomic mass is 10.3. The maximum atomic E-state index is 11.4. The van der Waals surface area contributed by atoms with Gasteiger partial charge in [0.15, 0.2) is 16.6 Å². The number of thiazole rings is 1. The summed E-state index contributed by atoms with van der Waals surface area (Å²) in [6.07, 6.45) is 2.46. The number of aromatic nitrogens is 1. The Labute approximate surface area is 109 Å². The first kappa shape index (κ1) is 13.0. The second kappa shape index (κ2) is 5.06. The Hall–Kier alpha value is -1.43. The van der Waals surface area contributed by atoms with Crippen molar-refractivity contribution in [2.75, 3.05) is 18.0 Å². The number of carboxylic acid groups (broad SMARTS) is 1. The van der Waals surface area contributed by atoms with E-state index in [9.17, 15) is 9.59 Å². The third-order valence-electron chi connectivity index (χ3n) is 2.97. The van der Waals surface area contributed by atoms with Gasteiger partial charge in [0.2, 0.25) is 0 Å². The smallest absolute Gasteiger partial charge is 0.356 e. The zero-order chi connectivity index (χ0) is 13.3. The molecular weight excluding hydrogens is 252 g/mol. The minimum atomic E-state index is -1.13. The first-order valence-corrected chi connectivity index (χ1v) is 6.84. The number of anilines is 1. The van der Waals surface area contributed by atoms with Crippen LogP contribution < -0.4 is 4.90 Å². The topological polar surface area (TPSA) is 70.5 Å². The molecule has 1 aromatic rings. The van der Waals surface area contributed by atoms with Crippen LogP contribution in [0.15, 0.2) is 0 Å². The second-order valence-corrected chi connectivity index (χ2v) is 5.50. The fourth-order valence-corrected chi connectivity index (χ4v) is 2.81. The van der Waals surface area contributed by atoms with E-state index >= 15 is 0 Å². The predicted molar refractivity (Wildman–Crippen MR) is 69.7 cm³/mol. The molecule has 98 valence electrons. The molecule has 2 rings (SSSR count). The van der Waals surface area contributed by atoms with Crippen LogP contribution in [-0.2, 0) is 0 Å². The standard InChI is InChI=1S/C12H16N2O3S/c1-3-14(6-8-4-5-8)12-13-9(11(16)17)10(18-12)7(2)15/h8H,3-6H2,1-2H3,(H,16,17). The summed E-state index contributed by atoms with van der Waals surface area (Å²) < 4.78 is 0. The van der Waals surface area contributed by atoms with Gasteiger partial charge in [-0.1, -0.05) is 11.3 Å². The first-order valence-electron chi connectivity index (χ1n) is 6.03. The summed E-state index contributed by atoms with van der Waals surface area (Å²) in [5.74, 6) is -0.674. The van der Waals surface area contributed by atoms with Crippen LogP contribution >= 0.6 is 11.3 Å². The number of hydrogen-bond donors (Lipinski definition) is 1. The molecule has 0 spiro atoms. The molecule has 1 aliphatic carbocycles. The molecule has 0 saturated heterocycles. The van der Waals surface area contributed by atoms with Gasteiger partial charge in [0, 0.05) is 20.0 Å². The molecule has 1 heterocycles. The van der Waals surface area contributed by atoms with Crippen molar-refractivity contribution in [2.24, 2.45) is 5.92 Å². The Bertz CT molecular complexity index is 448. The van der Waals surface area contributed by atoms with Crippen molar-refractivity contribution < 1.29 is 14.7 Å². The van der Waals surface area contributed by atoms with Crippen molar-refractivity contribution in [1.29, 1.82) is 0 Å². The van der Waals surface area contributed by atoms with E-state index in [-0.39, 0.29) is 16.4 Å². The Morgan fingerprint density at radius 2 is 2.17 bits per heavy atom. The maximum absolute atomic E-state index is 11.4. The molecule has 18 heavy (non-hydrogen) atoms. The number of carbonyl (C=O) groups excluding carboxylic acids is 1. The van der Waals surface area contributed by atoms with E-state index in [1.165, 1.54) is 31.1 Å². The molecule has 6 heteroatoms. The van der Waals surface area contributed by atoms with E-state index in [1.54, 1.807) is 0 Å². The summed E-state index contributed by atoms with van der Waals surface area (Å²) in [5, 5.41) is 9.70. The van der Waals surface area contributed by atoms with E-state index < -0.39 is 5.97 Å². The fraction of sp³-hybridized carbons (Fsp3) is 0.583. The third kappa shape index (κ3) is 2.69. The molecule has 0 amide bonds. The van der Waals surface area contributed by atoms with E-state index in [0.717, 1.165) is 13.1 Å². The molecule has 0 unspecified atom stereocenters. The number of aromatic carboxylic acids is 1. The lowest BCUT2D eigenvalue weighted by Gasteiger charge is -2.18. The minimum Gasteiger partial charge on any atom is -0.476 e. The van der Waals surface area contributed by atoms with Crippen molar-refractivity contribution >= 4 is 28.2 Å². The van der Waals surface area contributed by atoms with Gasteiger partial charge in [-0.25, -0.2) is 9.78 Å². The van der Waals surface area contributed by atoms with Crippen molar-refractivity contribution in [3.63, 3.8) is 0 Å². The van der Waals surface area contributed by atoms with Gasteiger partial charge in [-0.3, -0.25) is 4.79 Å². The van der Waals surface area contributed by atoms with Crippen LogP contribution in [0.3, 0.4) is 0 Å². The molecule has 0 radical (unpaired) electrons. The van der Waals surface area contributed by atoms with Gasteiger partial charge < -0.3 is 10.0 Å². The average Bonchev–Trinajstić information content (AvgIpc) is 3.01. The highest BCUT2D eigenvalue weighted by atomic mass is 32.1. The van der Waals surface area contributed by atoms with Gasteiger partial charge in [0.1, 0.15) is 4.88 Å². The van der Waals surface area contributed by atoms with Gasteiger partial charge in [-0.15, -0.1) is 0 Å². The lowest BCUT2D eigenvalue weighted by molar-refractivity contribution is 0.0687. The number of nitrogens with zero attached hydrogens (tertiary/aromatic N) is 2. The Kier molecular flexibility index (Phi) is 3.65. The fourth-order valence-electron chi connectivity index (χ4n) is 1.78. The quantitative estimate of drug-likeness (QED) is 0.801.